The molecule has 0 aliphatic carbocycles. The van der Waals surface area contributed by atoms with Gasteiger partial charge in [0.2, 0.25) is 0 Å². The Kier molecular flexibility index (Phi) is 2.86. The lowest BCUT2D eigenvalue weighted by Crippen LogP contribution is -2.50. The maximum atomic E-state index is 12.3. The molecule has 7 heteroatoms. The van der Waals surface area contributed by atoms with Gasteiger partial charge in [0.25, 0.3) is 5.79 Å². The summed E-state index contributed by atoms with van der Waals surface area (Å²) in [6, 6.07) is 6.01. The van der Waals surface area contributed by atoms with Crippen molar-refractivity contribution in [3.63, 3.8) is 0 Å². The number of hydrogen-bond acceptors (Lipinski definition) is 3. The quantitative estimate of drug-likeness (QED) is 0.637. The molecule has 0 radical (unpaired) electrons. The molecule has 1 aromatic rings. The maximum Gasteiger partial charge on any atom is 0.445 e. The fraction of sp³-hybridized carbons (Fsp3) is 0.400. The van der Waals surface area contributed by atoms with Crippen molar-refractivity contribution in [2.45, 2.75) is 24.2 Å². The Morgan fingerprint density at radius 2 is 1.88 bits per heavy atom. The van der Waals surface area contributed by atoms with Gasteiger partial charge >= 0.3 is 6.18 Å². The molecule has 3 nitrogen and oxygen atoms in total. The van der Waals surface area contributed by atoms with Crippen LogP contribution in [0.5, 0.6) is 0 Å². The van der Waals surface area contributed by atoms with Gasteiger partial charge in [-0.1, -0.05) is 23.7 Å². The number of rotatable bonds is 2. The van der Waals surface area contributed by atoms with E-state index in [-0.39, 0.29) is 0 Å². The van der Waals surface area contributed by atoms with E-state index in [0.29, 0.717) is 10.6 Å². The molecular formula is C10H8ClF3O3. The average Bonchev–Trinajstić information content (AvgIpc) is 2.95. The number of benzene rings is 1. The van der Waals surface area contributed by atoms with Crippen molar-refractivity contribution in [3.05, 3.63) is 34.9 Å². The summed E-state index contributed by atoms with van der Waals surface area (Å²) < 4.78 is 41.5. The smallest absolute Gasteiger partial charge is 0.358 e. The van der Waals surface area contributed by atoms with E-state index in [1.807, 2.05) is 0 Å². The van der Waals surface area contributed by atoms with E-state index in [0.717, 1.165) is 0 Å². The molecule has 0 unspecified atom stereocenters. The van der Waals surface area contributed by atoms with Crippen LogP contribution in [-0.2, 0) is 4.74 Å². The molecule has 2 rings (SSSR count). The first-order valence-electron chi connectivity index (χ1n) is 4.66. The van der Waals surface area contributed by atoms with Gasteiger partial charge in [-0.05, 0) is 17.7 Å². The molecule has 1 heterocycles. The van der Waals surface area contributed by atoms with Gasteiger partial charge in [0.1, 0.15) is 6.10 Å². The zero-order valence-electron chi connectivity index (χ0n) is 8.28. The van der Waals surface area contributed by atoms with Gasteiger partial charge in [-0.2, -0.15) is 13.2 Å². The van der Waals surface area contributed by atoms with Crippen molar-refractivity contribution in [2.24, 2.45) is 0 Å². The van der Waals surface area contributed by atoms with Crippen molar-refractivity contribution in [1.29, 1.82) is 0 Å². The lowest BCUT2D eigenvalue weighted by atomic mass is 10.0. The molecule has 1 saturated heterocycles. The standard InChI is InChI=1S/C10H8ClF3O3/c11-6-3-1-2-5(4-6)7-8(17-7)9(15,16)10(12,13)14/h1-4,7-8,15-16H/t7-,8+/m1/s1. The minimum absolute atomic E-state index is 0.338. The first-order chi connectivity index (χ1) is 7.73. The lowest BCUT2D eigenvalue weighted by molar-refractivity contribution is -0.355. The van der Waals surface area contributed by atoms with E-state index in [4.69, 9.17) is 21.8 Å². The normalized spacial score (nSPS) is 24.8. The predicted molar refractivity (Wildman–Crippen MR) is 52.3 cm³/mol. The summed E-state index contributed by atoms with van der Waals surface area (Å²) >= 11 is 5.67. The van der Waals surface area contributed by atoms with Crippen LogP contribution in [0.15, 0.2) is 24.3 Å². The number of hydrogen-bond donors (Lipinski definition) is 2. The Balaban J connectivity index is 2.16. The topological polar surface area (TPSA) is 53.0 Å². The molecule has 1 aliphatic heterocycles. The minimum Gasteiger partial charge on any atom is -0.358 e. The summed E-state index contributed by atoms with van der Waals surface area (Å²) in [6.45, 7) is 0. The van der Waals surface area contributed by atoms with Gasteiger partial charge in [0.05, 0.1) is 0 Å². The molecule has 1 aromatic carbocycles. The zero-order chi connectivity index (χ0) is 12.8. The minimum atomic E-state index is -5.16. The van der Waals surface area contributed by atoms with Crippen molar-refractivity contribution in [1.82, 2.24) is 0 Å². The van der Waals surface area contributed by atoms with Gasteiger partial charge < -0.3 is 14.9 Å². The van der Waals surface area contributed by atoms with Crippen LogP contribution in [0.4, 0.5) is 13.2 Å². The van der Waals surface area contributed by atoms with Gasteiger partial charge in [-0.25, -0.2) is 0 Å². The number of alkyl halides is 3. The first-order valence-corrected chi connectivity index (χ1v) is 5.03. The van der Waals surface area contributed by atoms with E-state index in [2.05, 4.69) is 4.74 Å². The van der Waals surface area contributed by atoms with Crippen LogP contribution in [0.25, 0.3) is 0 Å². The zero-order valence-corrected chi connectivity index (χ0v) is 9.03. The van der Waals surface area contributed by atoms with Crippen molar-refractivity contribution in [3.8, 4) is 0 Å². The Labute approximate surface area is 99.4 Å². The summed E-state index contributed by atoms with van der Waals surface area (Å²) in [5.74, 6) is -3.85. The van der Waals surface area contributed by atoms with Crippen LogP contribution in [0, 0.1) is 0 Å². The second-order valence-electron chi connectivity index (χ2n) is 3.76. The molecule has 2 atom stereocenters. The fourth-order valence-corrected chi connectivity index (χ4v) is 1.72. The van der Waals surface area contributed by atoms with Crippen molar-refractivity contribution in [2.75, 3.05) is 0 Å². The predicted octanol–water partition coefficient (Wildman–Crippen LogP) is 2.02. The van der Waals surface area contributed by atoms with Gasteiger partial charge in [-0.3, -0.25) is 0 Å². The Morgan fingerprint density at radius 1 is 1.24 bits per heavy atom. The Hall–Kier alpha value is -0.820. The molecule has 0 spiro atoms. The molecule has 0 amide bonds. The number of aliphatic hydroxyl groups is 2. The SMILES string of the molecule is OC(O)([C@H]1O[C@@H]1c1cccc(Cl)c1)C(F)(F)F. The molecule has 0 bridgehead atoms. The maximum absolute atomic E-state index is 12.3. The highest BCUT2D eigenvalue weighted by Gasteiger charge is 2.67. The summed E-state index contributed by atoms with van der Waals surface area (Å²) in [5.41, 5.74) is 0.374. The molecule has 0 saturated carbocycles. The third-order valence-corrected chi connectivity index (χ3v) is 2.72. The molecule has 1 aliphatic rings. The molecule has 2 N–H and O–H groups in total. The average molecular weight is 269 g/mol. The summed E-state index contributed by atoms with van der Waals surface area (Å²) in [5, 5.41) is 18.3. The number of halogens is 4. The molecule has 0 aromatic heterocycles. The third-order valence-electron chi connectivity index (χ3n) is 2.48. The number of epoxide rings is 1. The Bertz CT molecular complexity index is 433. The van der Waals surface area contributed by atoms with Crippen LogP contribution < -0.4 is 0 Å². The van der Waals surface area contributed by atoms with E-state index in [9.17, 15) is 13.2 Å². The van der Waals surface area contributed by atoms with Crippen molar-refractivity contribution >= 4 is 11.6 Å². The molecule has 1 fully saturated rings. The molecule has 17 heavy (non-hydrogen) atoms. The van der Waals surface area contributed by atoms with Gasteiger partial charge in [-0.15, -0.1) is 0 Å². The second-order valence-corrected chi connectivity index (χ2v) is 4.19. The number of ether oxygens (including phenoxy) is 1. The Morgan fingerprint density at radius 3 is 2.41 bits per heavy atom. The van der Waals surface area contributed by atoms with Crippen LogP contribution in [0.2, 0.25) is 5.02 Å². The third kappa shape index (κ3) is 2.26. The van der Waals surface area contributed by atoms with Crippen LogP contribution in [-0.4, -0.2) is 28.3 Å². The highest BCUT2D eigenvalue weighted by molar-refractivity contribution is 6.30. The summed E-state index contributed by atoms with van der Waals surface area (Å²) in [7, 11) is 0. The molecule has 94 valence electrons. The van der Waals surface area contributed by atoms with Gasteiger partial charge in [0.15, 0.2) is 6.10 Å². The monoisotopic (exact) mass is 268 g/mol. The van der Waals surface area contributed by atoms with E-state index < -0.39 is 24.2 Å². The van der Waals surface area contributed by atoms with E-state index in [1.54, 1.807) is 12.1 Å². The van der Waals surface area contributed by atoms with Crippen molar-refractivity contribution < 1.29 is 28.1 Å². The van der Waals surface area contributed by atoms with E-state index >= 15 is 0 Å². The summed E-state index contributed by atoms with van der Waals surface area (Å²) in [4.78, 5) is 0. The highest BCUT2D eigenvalue weighted by atomic mass is 35.5. The van der Waals surface area contributed by atoms with E-state index in [1.165, 1.54) is 12.1 Å². The fourth-order valence-electron chi connectivity index (χ4n) is 1.52. The largest absolute Gasteiger partial charge is 0.445 e. The first kappa shape index (κ1) is 12.6. The van der Waals surface area contributed by atoms with Crippen LogP contribution >= 0.6 is 11.6 Å². The second kappa shape index (κ2) is 3.84. The van der Waals surface area contributed by atoms with Crippen LogP contribution in [0.3, 0.4) is 0 Å². The van der Waals surface area contributed by atoms with Gasteiger partial charge in [0, 0.05) is 5.02 Å². The van der Waals surface area contributed by atoms with Crippen LogP contribution in [0.1, 0.15) is 11.7 Å². The highest BCUT2D eigenvalue weighted by Crippen LogP contribution is 2.49. The lowest BCUT2D eigenvalue weighted by Gasteiger charge is -2.22. The molecular weight excluding hydrogens is 261 g/mol. The summed E-state index contributed by atoms with van der Waals surface area (Å²) in [6.07, 6.45) is -7.89.